The van der Waals surface area contributed by atoms with Crippen LogP contribution in [0.15, 0.2) is 53.9 Å². The molecule has 0 unspecified atom stereocenters. The molecule has 1 saturated carbocycles. The molecule has 1 aliphatic rings. The molecule has 8 heteroatoms. The molecule has 3 aromatic rings. The van der Waals surface area contributed by atoms with Gasteiger partial charge in [-0.3, -0.25) is 14.3 Å². The van der Waals surface area contributed by atoms with Gasteiger partial charge in [-0.15, -0.1) is 10.2 Å². The topological polar surface area (TPSA) is 81.9 Å². The van der Waals surface area contributed by atoms with E-state index in [0.717, 1.165) is 29.4 Å². The summed E-state index contributed by atoms with van der Waals surface area (Å²) in [6, 6.07) is 11.6. The first-order valence-electron chi connectivity index (χ1n) is 9.12. The Kier molecular flexibility index (Phi) is 5.29. The van der Waals surface area contributed by atoms with Crippen molar-refractivity contribution in [3.8, 4) is 17.1 Å². The number of hydrogen-bond donors (Lipinski definition) is 1. The van der Waals surface area contributed by atoms with Crippen LogP contribution in [-0.4, -0.2) is 38.0 Å². The number of amides is 1. The van der Waals surface area contributed by atoms with Crippen LogP contribution in [0.1, 0.15) is 25.8 Å². The summed E-state index contributed by atoms with van der Waals surface area (Å²) in [7, 11) is 1.60. The van der Waals surface area contributed by atoms with Crippen LogP contribution in [0.4, 0.5) is 5.69 Å². The third-order valence-electron chi connectivity index (χ3n) is 4.48. The lowest BCUT2D eigenvalue weighted by Crippen LogP contribution is -2.23. The van der Waals surface area contributed by atoms with Crippen molar-refractivity contribution >= 4 is 23.4 Å². The fourth-order valence-corrected chi connectivity index (χ4v) is 3.79. The highest BCUT2D eigenvalue weighted by Crippen LogP contribution is 2.41. The van der Waals surface area contributed by atoms with E-state index in [1.54, 1.807) is 25.6 Å². The normalized spacial score (nSPS) is 14.5. The number of methoxy groups -OCH3 is 1. The lowest BCUT2D eigenvalue weighted by atomic mass is 10.3. The Labute approximate surface area is 167 Å². The van der Waals surface area contributed by atoms with E-state index in [-0.39, 0.29) is 11.2 Å². The van der Waals surface area contributed by atoms with Crippen molar-refractivity contribution in [1.82, 2.24) is 19.7 Å². The van der Waals surface area contributed by atoms with Crippen molar-refractivity contribution in [3.05, 3.63) is 48.8 Å². The summed E-state index contributed by atoms with van der Waals surface area (Å²) in [4.78, 5) is 16.8. The number of benzene rings is 1. The van der Waals surface area contributed by atoms with Gasteiger partial charge in [0.05, 0.1) is 12.4 Å². The van der Waals surface area contributed by atoms with Gasteiger partial charge in [0.25, 0.3) is 0 Å². The summed E-state index contributed by atoms with van der Waals surface area (Å²) in [6.07, 6.45) is 5.73. The fourth-order valence-electron chi connectivity index (χ4n) is 2.87. The van der Waals surface area contributed by atoms with Crippen molar-refractivity contribution in [2.24, 2.45) is 0 Å². The Morgan fingerprint density at radius 1 is 1.29 bits per heavy atom. The average Bonchev–Trinajstić information content (AvgIpc) is 3.48. The van der Waals surface area contributed by atoms with Gasteiger partial charge in [-0.2, -0.15) is 0 Å². The largest absolute Gasteiger partial charge is 0.497 e. The second-order valence-corrected chi connectivity index (χ2v) is 7.94. The minimum Gasteiger partial charge on any atom is -0.497 e. The monoisotopic (exact) mass is 395 g/mol. The highest BCUT2D eigenvalue weighted by Gasteiger charge is 2.31. The molecule has 0 saturated heterocycles. The van der Waals surface area contributed by atoms with E-state index in [4.69, 9.17) is 4.74 Å². The van der Waals surface area contributed by atoms with Crippen LogP contribution in [0.3, 0.4) is 0 Å². The van der Waals surface area contributed by atoms with E-state index in [0.29, 0.717) is 17.5 Å². The highest BCUT2D eigenvalue weighted by atomic mass is 32.2. The highest BCUT2D eigenvalue weighted by molar-refractivity contribution is 8.00. The number of pyridine rings is 1. The number of ether oxygens (including phenoxy) is 1. The van der Waals surface area contributed by atoms with Crippen LogP contribution in [0.5, 0.6) is 5.75 Å². The van der Waals surface area contributed by atoms with Crippen LogP contribution in [0.2, 0.25) is 0 Å². The maximum absolute atomic E-state index is 12.6. The first-order valence-corrected chi connectivity index (χ1v) is 10.0. The molecule has 2 aromatic heterocycles. The number of hydrogen-bond acceptors (Lipinski definition) is 6. The number of carbonyl (C=O) groups excluding carboxylic acids is 1. The predicted octanol–water partition coefficient (Wildman–Crippen LogP) is 3.80. The van der Waals surface area contributed by atoms with Gasteiger partial charge in [0.15, 0.2) is 11.0 Å². The molecule has 0 aliphatic heterocycles. The molecule has 0 radical (unpaired) electrons. The zero-order chi connectivity index (χ0) is 19.5. The molecule has 2 heterocycles. The van der Waals surface area contributed by atoms with Crippen molar-refractivity contribution < 1.29 is 9.53 Å². The second kappa shape index (κ2) is 8.02. The van der Waals surface area contributed by atoms with E-state index >= 15 is 0 Å². The fraction of sp³-hybridized carbons (Fsp3) is 0.300. The summed E-state index contributed by atoms with van der Waals surface area (Å²) < 4.78 is 7.34. The number of nitrogens with one attached hydrogen (secondary N) is 1. The minimum absolute atomic E-state index is 0.0912. The van der Waals surface area contributed by atoms with E-state index in [9.17, 15) is 4.79 Å². The first-order chi connectivity index (χ1) is 13.7. The molecule has 1 amide bonds. The SMILES string of the molecule is COc1cccc(NC(=O)[C@H](C)Sc2nnc(-c3cccnc3)n2C2CC2)c1. The van der Waals surface area contributed by atoms with Gasteiger partial charge in [-0.25, -0.2) is 0 Å². The van der Waals surface area contributed by atoms with Gasteiger partial charge in [0.1, 0.15) is 5.75 Å². The van der Waals surface area contributed by atoms with Gasteiger partial charge >= 0.3 is 0 Å². The quantitative estimate of drug-likeness (QED) is 0.613. The van der Waals surface area contributed by atoms with E-state index < -0.39 is 0 Å². The molecule has 1 aromatic carbocycles. The van der Waals surface area contributed by atoms with E-state index in [1.807, 2.05) is 37.3 Å². The van der Waals surface area contributed by atoms with Gasteiger partial charge < -0.3 is 10.1 Å². The molecule has 1 atom stereocenters. The number of carbonyl (C=O) groups is 1. The third kappa shape index (κ3) is 4.01. The van der Waals surface area contributed by atoms with Crippen LogP contribution < -0.4 is 10.1 Å². The minimum atomic E-state index is -0.324. The molecule has 28 heavy (non-hydrogen) atoms. The van der Waals surface area contributed by atoms with Gasteiger partial charge in [0, 0.05) is 35.8 Å². The maximum Gasteiger partial charge on any atom is 0.237 e. The van der Waals surface area contributed by atoms with Crippen LogP contribution >= 0.6 is 11.8 Å². The Bertz CT molecular complexity index is 972. The number of thioether (sulfide) groups is 1. The Morgan fingerprint density at radius 3 is 2.86 bits per heavy atom. The summed E-state index contributed by atoms with van der Waals surface area (Å²) in [5.74, 6) is 1.41. The molecule has 0 spiro atoms. The zero-order valence-corrected chi connectivity index (χ0v) is 16.5. The van der Waals surface area contributed by atoms with Crippen molar-refractivity contribution in [1.29, 1.82) is 0 Å². The van der Waals surface area contributed by atoms with Gasteiger partial charge in [-0.05, 0) is 44.0 Å². The molecule has 1 fully saturated rings. The number of rotatable bonds is 7. The van der Waals surface area contributed by atoms with E-state index in [1.165, 1.54) is 11.8 Å². The van der Waals surface area contributed by atoms with Crippen LogP contribution in [-0.2, 0) is 4.79 Å². The van der Waals surface area contributed by atoms with Crippen molar-refractivity contribution in [3.63, 3.8) is 0 Å². The Hall–Kier alpha value is -2.87. The number of anilines is 1. The van der Waals surface area contributed by atoms with Gasteiger partial charge in [-0.1, -0.05) is 17.8 Å². The predicted molar refractivity (Wildman–Crippen MR) is 108 cm³/mol. The molecular weight excluding hydrogens is 374 g/mol. The van der Waals surface area contributed by atoms with Crippen molar-refractivity contribution in [2.75, 3.05) is 12.4 Å². The molecule has 0 bridgehead atoms. The molecule has 7 nitrogen and oxygen atoms in total. The third-order valence-corrected chi connectivity index (χ3v) is 5.54. The molecule has 1 N–H and O–H groups in total. The standard InChI is InChI=1S/C20H21N5O2S/c1-13(19(26)22-15-6-3-7-17(11-15)27-2)28-20-24-23-18(25(20)16-8-9-16)14-5-4-10-21-12-14/h3-7,10-13,16H,8-9H2,1-2H3,(H,22,26)/t13-/m0/s1. The lowest BCUT2D eigenvalue weighted by Gasteiger charge is -2.13. The van der Waals surface area contributed by atoms with Crippen molar-refractivity contribution in [2.45, 2.75) is 36.2 Å². The summed E-state index contributed by atoms with van der Waals surface area (Å²) in [5, 5.41) is 12.1. The smallest absolute Gasteiger partial charge is 0.237 e. The molecule has 1 aliphatic carbocycles. The molecule has 4 rings (SSSR count). The number of nitrogens with zero attached hydrogens (tertiary/aromatic N) is 4. The van der Waals surface area contributed by atoms with E-state index in [2.05, 4.69) is 25.1 Å². The molecular formula is C20H21N5O2S. The maximum atomic E-state index is 12.6. The number of aromatic nitrogens is 4. The first kappa shape index (κ1) is 18.5. The van der Waals surface area contributed by atoms with Gasteiger partial charge in [0.2, 0.25) is 5.91 Å². The summed E-state index contributed by atoms with van der Waals surface area (Å²) in [6.45, 7) is 1.87. The average molecular weight is 395 g/mol. The van der Waals surface area contributed by atoms with Crippen LogP contribution in [0.25, 0.3) is 11.4 Å². The Morgan fingerprint density at radius 2 is 2.14 bits per heavy atom. The zero-order valence-electron chi connectivity index (χ0n) is 15.7. The lowest BCUT2D eigenvalue weighted by molar-refractivity contribution is -0.115. The molecule has 144 valence electrons. The summed E-state index contributed by atoms with van der Waals surface area (Å²) in [5.41, 5.74) is 1.64. The van der Waals surface area contributed by atoms with Crippen LogP contribution in [0, 0.1) is 0 Å². The Balaban J connectivity index is 1.50. The second-order valence-electron chi connectivity index (χ2n) is 6.63. The summed E-state index contributed by atoms with van der Waals surface area (Å²) >= 11 is 1.42.